The van der Waals surface area contributed by atoms with Crippen LogP contribution in [0.15, 0.2) is 42.0 Å². The van der Waals surface area contributed by atoms with Crippen LogP contribution in [0, 0.1) is 12.7 Å². The molecule has 0 unspecified atom stereocenters. The summed E-state index contributed by atoms with van der Waals surface area (Å²) < 4.78 is 19.7. The van der Waals surface area contributed by atoms with Crippen LogP contribution in [0.3, 0.4) is 0 Å². The van der Waals surface area contributed by atoms with Gasteiger partial charge in [-0.05, 0) is 70.2 Å². The van der Waals surface area contributed by atoms with Crippen molar-refractivity contribution in [1.29, 1.82) is 0 Å². The van der Waals surface area contributed by atoms with E-state index in [9.17, 15) is 24.2 Å². The second kappa shape index (κ2) is 10.0. The lowest BCUT2D eigenvalue weighted by atomic mass is 9.94. The predicted molar refractivity (Wildman–Crippen MR) is 123 cm³/mol. The SMILES string of the molecule is CCOc1cc([C@@H]2C(=C(O)c3ccc(C)c(F)c3)C(=O)C(=O)N2CCCN(C)C)ccc1O. The van der Waals surface area contributed by atoms with E-state index >= 15 is 0 Å². The summed E-state index contributed by atoms with van der Waals surface area (Å²) in [5.41, 5.74) is 0.876. The molecule has 0 aromatic heterocycles. The van der Waals surface area contributed by atoms with E-state index in [4.69, 9.17) is 4.74 Å². The van der Waals surface area contributed by atoms with E-state index in [0.717, 1.165) is 6.07 Å². The Morgan fingerprint density at radius 1 is 1.18 bits per heavy atom. The first-order chi connectivity index (χ1) is 15.6. The summed E-state index contributed by atoms with van der Waals surface area (Å²) in [6.07, 6.45) is 0.603. The second-order valence-corrected chi connectivity index (χ2v) is 8.27. The number of likely N-dealkylation sites (tertiary alicyclic amines) is 1. The van der Waals surface area contributed by atoms with Crippen molar-refractivity contribution >= 4 is 17.4 Å². The molecule has 0 bridgehead atoms. The highest BCUT2D eigenvalue weighted by Crippen LogP contribution is 2.42. The average molecular weight is 457 g/mol. The van der Waals surface area contributed by atoms with Crippen molar-refractivity contribution in [1.82, 2.24) is 9.80 Å². The third kappa shape index (κ3) is 5.01. The van der Waals surface area contributed by atoms with Crippen LogP contribution in [0.2, 0.25) is 0 Å². The van der Waals surface area contributed by atoms with Crippen molar-refractivity contribution in [3.63, 3.8) is 0 Å². The quantitative estimate of drug-likeness (QED) is 0.358. The van der Waals surface area contributed by atoms with E-state index in [0.29, 0.717) is 30.7 Å². The standard InChI is InChI=1S/C25H29FN2O5/c1-5-33-20-14-16(9-10-19(20)29)22-21(23(30)17-8-7-15(2)18(26)13-17)24(31)25(32)28(22)12-6-11-27(3)4/h7-10,13-14,22,29-30H,5-6,11-12H2,1-4H3/t22-/m1/s1. The molecule has 8 heteroatoms. The third-order valence-electron chi connectivity index (χ3n) is 5.59. The molecule has 0 radical (unpaired) electrons. The van der Waals surface area contributed by atoms with Crippen molar-refractivity contribution in [3.8, 4) is 11.5 Å². The normalized spacial score (nSPS) is 17.8. The number of aliphatic hydroxyl groups excluding tert-OH is 1. The molecule has 176 valence electrons. The maximum atomic E-state index is 14.2. The molecule has 7 nitrogen and oxygen atoms in total. The Morgan fingerprint density at radius 3 is 2.55 bits per heavy atom. The monoisotopic (exact) mass is 456 g/mol. The Hall–Kier alpha value is -3.39. The van der Waals surface area contributed by atoms with Crippen LogP contribution >= 0.6 is 0 Å². The highest BCUT2D eigenvalue weighted by Gasteiger charge is 2.46. The number of aliphatic hydroxyl groups is 1. The van der Waals surface area contributed by atoms with E-state index in [1.54, 1.807) is 26.0 Å². The molecule has 1 saturated heterocycles. The zero-order chi connectivity index (χ0) is 24.3. The summed E-state index contributed by atoms with van der Waals surface area (Å²) in [5.74, 6) is -2.42. The fraction of sp³-hybridized carbons (Fsp3) is 0.360. The van der Waals surface area contributed by atoms with Gasteiger partial charge in [-0.1, -0.05) is 18.2 Å². The average Bonchev–Trinajstić information content (AvgIpc) is 3.01. The molecule has 1 fully saturated rings. The largest absolute Gasteiger partial charge is 0.507 e. The molecular formula is C25H29FN2O5. The number of carbonyl (C=O) groups is 2. The summed E-state index contributed by atoms with van der Waals surface area (Å²) in [4.78, 5) is 29.4. The molecule has 1 aliphatic rings. The van der Waals surface area contributed by atoms with Gasteiger partial charge in [0.1, 0.15) is 11.6 Å². The smallest absolute Gasteiger partial charge is 0.295 e. The lowest BCUT2D eigenvalue weighted by Gasteiger charge is -2.26. The van der Waals surface area contributed by atoms with Crippen LogP contribution in [0.5, 0.6) is 11.5 Å². The Morgan fingerprint density at radius 2 is 1.91 bits per heavy atom. The lowest BCUT2D eigenvalue weighted by Crippen LogP contribution is -2.32. The van der Waals surface area contributed by atoms with Crippen LogP contribution in [0.1, 0.15) is 36.1 Å². The van der Waals surface area contributed by atoms with Gasteiger partial charge in [-0.2, -0.15) is 0 Å². The van der Waals surface area contributed by atoms with Crippen LogP contribution in [-0.4, -0.2) is 65.5 Å². The summed E-state index contributed by atoms with van der Waals surface area (Å²) in [6.45, 7) is 4.64. The van der Waals surface area contributed by atoms with Crippen molar-refractivity contribution in [2.75, 3.05) is 33.8 Å². The first-order valence-electron chi connectivity index (χ1n) is 10.8. The van der Waals surface area contributed by atoms with Gasteiger partial charge in [0.25, 0.3) is 11.7 Å². The Balaban J connectivity index is 2.15. The number of phenols is 1. The first kappa shape index (κ1) is 24.3. The number of rotatable bonds is 8. The number of hydrogen-bond acceptors (Lipinski definition) is 6. The fourth-order valence-electron chi connectivity index (χ4n) is 3.88. The van der Waals surface area contributed by atoms with E-state index < -0.39 is 29.3 Å². The molecule has 1 aliphatic heterocycles. The summed E-state index contributed by atoms with van der Waals surface area (Å²) in [7, 11) is 3.82. The zero-order valence-corrected chi connectivity index (χ0v) is 19.3. The second-order valence-electron chi connectivity index (χ2n) is 8.27. The Labute approximate surface area is 192 Å². The van der Waals surface area contributed by atoms with Gasteiger partial charge in [0.2, 0.25) is 0 Å². The Bertz CT molecular complexity index is 1100. The number of aromatic hydroxyl groups is 1. The van der Waals surface area contributed by atoms with E-state index in [1.807, 2.05) is 19.0 Å². The number of ketones is 1. The maximum Gasteiger partial charge on any atom is 0.295 e. The minimum Gasteiger partial charge on any atom is -0.507 e. The van der Waals surface area contributed by atoms with Crippen molar-refractivity contribution in [2.24, 2.45) is 0 Å². The number of nitrogens with zero attached hydrogens (tertiary/aromatic N) is 2. The third-order valence-corrected chi connectivity index (χ3v) is 5.59. The van der Waals surface area contributed by atoms with E-state index in [2.05, 4.69) is 0 Å². The molecular weight excluding hydrogens is 427 g/mol. The van der Waals surface area contributed by atoms with Crippen LogP contribution in [0.25, 0.3) is 5.76 Å². The number of hydrogen-bond donors (Lipinski definition) is 2. The molecule has 3 rings (SSSR count). The van der Waals surface area contributed by atoms with E-state index in [-0.39, 0.29) is 29.2 Å². The van der Waals surface area contributed by atoms with Crippen LogP contribution in [0.4, 0.5) is 4.39 Å². The van der Waals surface area contributed by atoms with E-state index in [1.165, 1.54) is 23.1 Å². The molecule has 0 saturated carbocycles. The number of amides is 1. The summed E-state index contributed by atoms with van der Waals surface area (Å²) in [6, 6.07) is 7.80. The number of carbonyl (C=O) groups excluding carboxylic acids is 2. The van der Waals surface area contributed by atoms with Gasteiger partial charge in [-0.3, -0.25) is 9.59 Å². The minimum absolute atomic E-state index is 0.0780. The first-order valence-corrected chi connectivity index (χ1v) is 10.8. The van der Waals surface area contributed by atoms with Gasteiger partial charge in [-0.15, -0.1) is 0 Å². The van der Waals surface area contributed by atoms with Crippen molar-refractivity contribution < 1.29 is 28.9 Å². The lowest BCUT2D eigenvalue weighted by molar-refractivity contribution is -0.139. The van der Waals surface area contributed by atoms with Gasteiger partial charge in [0, 0.05) is 12.1 Å². The summed E-state index contributed by atoms with van der Waals surface area (Å²) >= 11 is 0. The molecule has 2 N–H and O–H groups in total. The van der Waals surface area contributed by atoms with Crippen molar-refractivity contribution in [2.45, 2.75) is 26.3 Å². The Kier molecular flexibility index (Phi) is 7.38. The number of ether oxygens (including phenoxy) is 1. The van der Waals surface area contributed by atoms with Gasteiger partial charge in [0.05, 0.1) is 18.2 Å². The van der Waals surface area contributed by atoms with Crippen molar-refractivity contribution in [3.05, 3.63) is 64.5 Å². The maximum absolute atomic E-state index is 14.2. The molecule has 1 amide bonds. The number of aryl methyl sites for hydroxylation is 1. The minimum atomic E-state index is -0.906. The van der Waals surface area contributed by atoms with Gasteiger partial charge < -0.3 is 24.7 Å². The number of phenolic OH excluding ortho intramolecular Hbond substituents is 1. The number of halogens is 1. The molecule has 1 heterocycles. The fourth-order valence-corrected chi connectivity index (χ4v) is 3.88. The molecule has 33 heavy (non-hydrogen) atoms. The number of benzene rings is 2. The predicted octanol–water partition coefficient (Wildman–Crippen LogP) is 3.61. The molecule has 0 spiro atoms. The molecule has 0 aliphatic carbocycles. The zero-order valence-electron chi connectivity index (χ0n) is 19.3. The van der Waals surface area contributed by atoms with Gasteiger partial charge >= 0.3 is 0 Å². The van der Waals surface area contributed by atoms with Gasteiger partial charge in [0.15, 0.2) is 11.5 Å². The highest BCUT2D eigenvalue weighted by molar-refractivity contribution is 6.46. The van der Waals surface area contributed by atoms with Crippen LogP contribution < -0.4 is 4.74 Å². The highest BCUT2D eigenvalue weighted by atomic mass is 19.1. The summed E-state index contributed by atoms with van der Waals surface area (Å²) in [5, 5.41) is 21.1. The number of Topliss-reactive ketones (excluding diaryl/α,β-unsaturated/α-hetero) is 1. The van der Waals surface area contributed by atoms with Crippen LogP contribution in [-0.2, 0) is 9.59 Å². The molecule has 2 aromatic rings. The van der Waals surface area contributed by atoms with Gasteiger partial charge in [-0.25, -0.2) is 4.39 Å². The molecule has 1 atom stereocenters. The topological polar surface area (TPSA) is 90.3 Å². The molecule has 2 aromatic carbocycles.